The first kappa shape index (κ1) is 22.3. The zero-order valence-corrected chi connectivity index (χ0v) is 18.6. The lowest BCUT2D eigenvalue weighted by Gasteiger charge is -2.09. The molecular weight excluding hydrogens is 448 g/mol. The number of fused-ring (bicyclic) bond motifs is 9. The molecule has 1 aliphatic rings. The Kier molecular flexibility index (Phi) is 6.49. The second-order valence-corrected chi connectivity index (χ2v) is 7.51. The second kappa shape index (κ2) is 10.2. The van der Waals surface area contributed by atoms with Gasteiger partial charge in [-0.2, -0.15) is 0 Å². The number of hydrogen-bond acceptors (Lipinski definition) is 9. The minimum absolute atomic E-state index is 0.200. The van der Waals surface area contributed by atoms with Gasteiger partial charge in [0, 0.05) is 12.1 Å². The number of ether oxygens (including phenoxy) is 3. The van der Waals surface area contributed by atoms with Gasteiger partial charge >= 0.3 is 0 Å². The Morgan fingerprint density at radius 2 is 0.829 bits per heavy atom. The topological polar surface area (TPSA) is 113 Å². The van der Waals surface area contributed by atoms with Crippen LogP contribution in [0.1, 0.15) is 32.4 Å². The Morgan fingerprint density at radius 3 is 1.29 bits per heavy atom. The minimum Gasteiger partial charge on any atom is -0.475 e. The summed E-state index contributed by atoms with van der Waals surface area (Å²) in [5, 5.41) is 0. The van der Waals surface area contributed by atoms with Crippen LogP contribution >= 0.6 is 0 Å². The van der Waals surface area contributed by atoms with Crippen molar-refractivity contribution in [2.45, 2.75) is 0 Å². The highest BCUT2D eigenvalue weighted by Crippen LogP contribution is 2.19. The summed E-state index contributed by atoms with van der Waals surface area (Å²) in [6, 6.07) is 20.0. The fourth-order valence-corrected chi connectivity index (χ4v) is 3.43. The summed E-state index contributed by atoms with van der Waals surface area (Å²) in [7, 11) is 0. The Balaban J connectivity index is 1.52. The zero-order chi connectivity index (χ0) is 24.0. The third-order valence-electron chi connectivity index (χ3n) is 5.09. The van der Waals surface area contributed by atoms with Crippen LogP contribution in [0.15, 0.2) is 72.8 Å². The monoisotopic (exact) mass is 468 g/mol. The number of nitrogens with zero attached hydrogens (tertiary/aromatic N) is 4. The summed E-state index contributed by atoms with van der Waals surface area (Å²) in [6.07, 6.45) is 0. The SMILES string of the molecule is O=C1c2cccc(n2)OCCOCCOc2cccc(n2)C(=O)c2cccc(n2)-c2cccc1n2. The van der Waals surface area contributed by atoms with E-state index in [1.165, 1.54) is 0 Å². The zero-order valence-electron chi connectivity index (χ0n) is 18.6. The number of pyridine rings is 4. The first-order valence-corrected chi connectivity index (χ1v) is 11.0. The Hall–Kier alpha value is -4.50. The highest BCUT2D eigenvalue weighted by Gasteiger charge is 2.17. The molecule has 1 aliphatic heterocycles. The summed E-state index contributed by atoms with van der Waals surface area (Å²) in [4.78, 5) is 43.7. The number of ketones is 2. The van der Waals surface area contributed by atoms with Crippen molar-refractivity contribution < 1.29 is 23.8 Å². The van der Waals surface area contributed by atoms with Crippen LogP contribution in [0, 0.1) is 0 Å². The summed E-state index contributed by atoms with van der Waals surface area (Å²) in [5.41, 5.74) is 1.71. The van der Waals surface area contributed by atoms with Crippen molar-refractivity contribution in [3.05, 3.63) is 95.6 Å². The van der Waals surface area contributed by atoms with Crippen LogP contribution in [0.5, 0.6) is 11.8 Å². The third-order valence-corrected chi connectivity index (χ3v) is 5.09. The van der Waals surface area contributed by atoms with Crippen molar-refractivity contribution in [2.24, 2.45) is 0 Å². The maximum Gasteiger partial charge on any atom is 0.229 e. The van der Waals surface area contributed by atoms with Crippen LogP contribution in [0.3, 0.4) is 0 Å². The fraction of sp³-hybridized carbons (Fsp3) is 0.154. The molecule has 0 N–H and O–H groups in total. The number of carbonyl (C=O) groups excluding carboxylic acids is 2. The van der Waals surface area contributed by atoms with Gasteiger partial charge in [0.15, 0.2) is 0 Å². The van der Waals surface area contributed by atoms with Crippen molar-refractivity contribution in [1.82, 2.24) is 19.9 Å². The molecule has 0 aliphatic carbocycles. The molecule has 174 valence electrons. The molecule has 4 aromatic heterocycles. The van der Waals surface area contributed by atoms with Gasteiger partial charge in [-0.05, 0) is 36.4 Å². The molecule has 0 spiro atoms. The van der Waals surface area contributed by atoms with Crippen LogP contribution in [0.4, 0.5) is 0 Å². The molecule has 9 heteroatoms. The quantitative estimate of drug-likeness (QED) is 0.384. The van der Waals surface area contributed by atoms with Crippen LogP contribution < -0.4 is 9.47 Å². The Bertz CT molecular complexity index is 1290. The summed E-state index contributed by atoms with van der Waals surface area (Å²) >= 11 is 0. The molecule has 0 fully saturated rings. The van der Waals surface area contributed by atoms with E-state index in [1.807, 2.05) is 0 Å². The molecule has 5 heterocycles. The predicted octanol–water partition coefficient (Wildman–Crippen LogP) is 3.18. The van der Waals surface area contributed by atoms with Gasteiger partial charge in [-0.25, -0.2) is 19.9 Å². The number of rotatable bonds is 0. The third kappa shape index (κ3) is 5.20. The van der Waals surface area contributed by atoms with E-state index in [0.29, 0.717) is 36.4 Å². The molecule has 0 amide bonds. The normalized spacial score (nSPS) is 14.3. The van der Waals surface area contributed by atoms with Gasteiger partial charge in [-0.15, -0.1) is 0 Å². The van der Waals surface area contributed by atoms with Gasteiger partial charge in [0.05, 0.1) is 24.6 Å². The molecule has 0 unspecified atom stereocenters. The molecule has 0 saturated carbocycles. The lowest BCUT2D eigenvalue weighted by molar-refractivity contribution is 0.0740. The smallest absolute Gasteiger partial charge is 0.229 e. The van der Waals surface area contributed by atoms with Crippen molar-refractivity contribution in [2.75, 3.05) is 26.4 Å². The van der Waals surface area contributed by atoms with E-state index in [-0.39, 0.29) is 47.6 Å². The highest BCUT2D eigenvalue weighted by molar-refractivity contribution is 6.07. The summed E-state index contributed by atoms with van der Waals surface area (Å²) < 4.78 is 16.7. The van der Waals surface area contributed by atoms with Crippen LogP contribution in [0.2, 0.25) is 0 Å². The Labute approximate surface area is 200 Å². The van der Waals surface area contributed by atoms with Crippen LogP contribution in [-0.2, 0) is 4.74 Å². The van der Waals surface area contributed by atoms with Crippen molar-refractivity contribution in [3.8, 4) is 23.1 Å². The molecule has 8 bridgehead atoms. The van der Waals surface area contributed by atoms with Gasteiger partial charge in [0.1, 0.15) is 36.0 Å². The first-order chi connectivity index (χ1) is 17.2. The lowest BCUT2D eigenvalue weighted by atomic mass is 10.1. The van der Waals surface area contributed by atoms with Gasteiger partial charge in [-0.1, -0.05) is 24.3 Å². The largest absolute Gasteiger partial charge is 0.475 e. The van der Waals surface area contributed by atoms with Crippen molar-refractivity contribution >= 4 is 11.6 Å². The number of carbonyl (C=O) groups is 2. The van der Waals surface area contributed by atoms with Crippen molar-refractivity contribution in [3.63, 3.8) is 0 Å². The minimum atomic E-state index is -0.357. The predicted molar refractivity (Wildman–Crippen MR) is 125 cm³/mol. The second-order valence-electron chi connectivity index (χ2n) is 7.51. The Morgan fingerprint density at radius 1 is 0.457 bits per heavy atom. The molecule has 0 radical (unpaired) electrons. The van der Waals surface area contributed by atoms with E-state index >= 15 is 0 Å². The van der Waals surface area contributed by atoms with E-state index in [0.717, 1.165) is 0 Å². The number of hydrogen-bond donors (Lipinski definition) is 0. The average molecular weight is 468 g/mol. The number of aromatic nitrogens is 4. The maximum atomic E-state index is 13.1. The van der Waals surface area contributed by atoms with E-state index in [4.69, 9.17) is 14.2 Å². The van der Waals surface area contributed by atoms with Crippen LogP contribution in [0.25, 0.3) is 11.4 Å². The summed E-state index contributed by atoms with van der Waals surface area (Å²) in [6.45, 7) is 1.11. The van der Waals surface area contributed by atoms with Gasteiger partial charge in [-0.3, -0.25) is 9.59 Å². The van der Waals surface area contributed by atoms with Gasteiger partial charge in [0.25, 0.3) is 0 Å². The van der Waals surface area contributed by atoms with Crippen molar-refractivity contribution in [1.29, 1.82) is 0 Å². The molecule has 35 heavy (non-hydrogen) atoms. The standard InChI is InChI=1S/C26H20N4O5/c31-25-19-7-1-5-17(27-19)18-6-2-8-20(28-18)26(32)22-10-4-12-24(30-22)35-16-14-33-13-15-34-23-11-3-9-21(25)29-23/h1-12H,13-16H2. The molecule has 9 nitrogen and oxygen atoms in total. The van der Waals surface area contributed by atoms with E-state index in [9.17, 15) is 9.59 Å². The fourth-order valence-electron chi connectivity index (χ4n) is 3.43. The maximum absolute atomic E-state index is 13.1. The molecule has 0 aromatic carbocycles. The molecule has 0 saturated heterocycles. The molecular formula is C26H20N4O5. The van der Waals surface area contributed by atoms with Gasteiger partial charge in [0.2, 0.25) is 23.3 Å². The highest BCUT2D eigenvalue weighted by atomic mass is 16.5. The van der Waals surface area contributed by atoms with E-state index in [2.05, 4.69) is 19.9 Å². The molecule has 0 atom stereocenters. The van der Waals surface area contributed by atoms with E-state index < -0.39 is 0 Å². The molecule has 4 aromatic rings. The first-order valence-electron chi connectivity index (χ1n) is 11.0. The average Bonchev–Trinajstić information content (AvgIpc) is 2.92. The lowest BCUT2D eigenvalue weighted by Crippen LogP contribution is -2.14. The van der Waals surface area contributed by atoms with E-state index in [1.54, 1.807) is 72.8 Å². The molecule has 5 rings (SSSR count). The summed E-state index contributed by atoms with van der Waals surface area (Å²) in [5.74, 6) is -0.0899. The van der Waals surface area contributed by atoms with Crippen LogP contribution in [-0.4, -0.2) is 57.9 Å². The van der Waals surface area contributed by atoms with Gasteiger partial charge < -0.3 is 14.2 Å².